The SMILES string of the molecule is Cc1ccc(CNC(=O)c2cccc(C)c2F)cc1F. The monoisotopic (exact) mass is 275 g/mol. The van der Waals surface area contributed by atoms with Crippen molar-refractivity contribution in [3.05, 3.63) is 70.3 Å². The van der Waals surface area contributed by atoms with Crippen LogP contribution in [0.1, 0.15) is 27.0 Å². The summed E-state index contributed by atoms with van der Waals surface area (Å²) in [6.07, 6.45) is 0. The third kappa shape index (κ3) is 3.02. The van der Waals surface area contributed by atoms with E-state index in [1.807, 2.05) is 0 Å². The van der Waals surface area contributed by atoms with Crippen molar-refractivity contribution in [1.29, 1.82) is 0 Å². The molecule has 0 radical (unpaired) electrons. The number of hydrogen-bond donors (Lipinski definition) is 1. The van der Waals surface area contributed by atoms with Crippen molar-refractivity contribution in [3.63, 3.8) is 0 Å². The van der Waals surface area contributed by atoms with Crippen molar-refractivity contribution in [2.75, 3.05) is 0 Å². The molecule has 0 aliphatic carbocycles. The number of hydrogen-bond acceptors (Lipinski definition) is 1. The van der Waals surface area contributed by atoms with E-state index < -0.39 is 11.7 Å². The summed E-state index contributed by atoms with van der Waals surface area (Å²) in [6, 6.07) is 9.38. The predicted molar refractivity (Wildman–Crippen MR) is 73.4 cm³/mol. The Morgan fingerprint density at radius 3 is 2.55 bits per heavy atom. The smallest absolute Gasteiger partial charge is 0.254 e. The van der Waals surface area contributed by atoms with Crippen LogP contribution in [0.5, 0.6) is 0 Å². The van der Waals surface area contributed by atoms with E-state index >= 15 is 0 Å². The first-order valence-corrected chi connectivity index (χ1v) is 6.27. The molecule has 0 aromatic heterocycles. The molecule has 1 N–H and O–H groups in total. The number of halogens is 2. The average Bonchev–Trinajstić information content (AvgIpc) is 2.43. The van der Waals surface area contributed by atoms with Crippen molar-refractivity contribution >= 4 is 5.91 Å². The molecule has 0 atom stereocenters. The fourth-order valence-corrected chi connectivity index (χ4v) is 1.85. The Morgan fingerprint density at radius 2 is 1.85 bits per heavy atom. The zero-order valence-electron chi connectivity index (χ0n) is 11.3. The lowest BCUT2D eigenvalue weighted by Crippen LogP contribution is -2.24. The minimum absolute atomic E-state index is 0.00224. The van der Waals surface area contributed by atoms with Crippen LogP contribution in [0.4, 0.5) is 8.78 Å². The lowest BCUT2D eigenvalue weighted by atomic mass is 10.1. The Hall–Kier alpha value is -2.23. The molecule has 4 heteroatoms. The van der Waals surface area contributed by atoms with Crippen LogP contribution in [0.25, 0.3) is 0 Å². The van der Waals surface area contributed by atoms with Gasteiger partial charge in [0, 0.05) is 6.54 Å². The minimum Gasteiger partial charge on any atom is -0.348 e. The second-order valence-electron chi connectivity index (χ2n) is 4.70. The quantitative estimate of drug-likeness (QED) is 0.912. The number of benzene rings is 2. The highest BCUT2D eigenvalue weighted by molar-refractivity contribution is 5.94. The molecule has 104 valence electrons. The zero-order chi connectivity index (χ0) is 14.7. The van der Waals surface area contributed by atoms with Crippen LogP contribution in [0.15, 0.2) is 36.4 Å². The molecule has 2 nitrogen and oxygen atoms in total. The first-order chi connectivity index (χ1) is 9.49. The molecule has 0 fully saturated rings. The molecule has 0 spiro atoms. The van der Waals surface area contributed by atoms with Gasteiger partial charge in [-0.25, -0.2) is 8.78 Å². The van der Waals surface area contributed by atoms with Crippen molar-refractivity contribution in [1.82, 2.24) is 5.32 Å². The number of amides is 1. The second kappa shape index (κ2) is 5.82. The molecule has 2 aromatic carbocycles. The lowest BCUT2D eigenvalue weighted by molar-refractivity contribution is 0.0946. The molecule has 0 aliphatic heterocycles. The van der Waals surface area contributed by atoms with E-state index in [4.69, 9.17) is 0 Å². The van der Waals surface area contributed by atoms with E-state index in [0.29, 0.717) is 16.7 Å². The largest absolute Gasteiger partial charge is 0.348 e. The number of rotatable bonds is 3. The minimum atomic E-state index is -0.528. The third-order valence-electron chi connectivity index (χ3n) is 3.13. The standard InChI is InChI=1S/C16H15F2NO/c1-10-6-7-12(8-14(10)17)9-19-16(20)13-5-3-4-11(2)15(13)18/h3-8H,9H2,1-2H3,(H,19,20). The zero-order valence-corrected chi connectivity index (χ0v) is 11.3. The van der Waals surface area contributed by atoms with Crippen LogP contribution in [0, 0.1) is 25.5 Å². The van der Waals surface area contributed by atoms with Gasteiger partial charge in [0.25, 0.3) is 5.91 Å². The third-order valence-corrected chi connectivity index (χ3v) is 3.13. The maximum Gasteiger partial charge on any atom is 0.254 e. The highest BCUT2D eigenvalue weighted by Gasteiger charge is 2.12. The Balaban J connectivity index is 2.08. The normalized spacial score (nSPS) is 10.4. The van der Waals surface area contributed by atoms with Crippen LogP contribution >= 0.6 is 0 Å². The van der Waals surface area contributed by atoms with Crippen molar-refractivity contribution in [2.24, 2.45) is 0 Å². The molecule has 20 heavy (non-hydrogen) atoms. The molecule has 0 saturated carbocycles. The van der Waals surface area contributed by atoms with Gasteiger partial charge in [0.2, 0.25) is 0 Å². The summed E-state index contributed by atoms with van der Waals surface area (Å²) in [4.78, 5) is 11.9. The van der Waals surface area contributed by atoms with Crippen LogP contribution in [0.2, 0.25) is 0 Å². The van der Waals surface area contributed by atoms with Crippen LogP contribution < -0.4 is 5.32 Å². The predicted octanol–water partition coefficient (Wildman–Crippen LogP) is 3.51. The molecule has 0 bridgehead atoms. The highest BCUT2D eigenvalue weighted by atomic mass is 19.1. The van der Waals surface area contributed by atoms with E-state index in [2.05, 4.69) is 5.32 Å². The van der Waals surface area contributed by atoms with Crippen molar-refractivity contribution in [3.8, 4) is 0 Å². The van der Waals surface area contributed by atoms with Gasteiger partial charge in [-0.15, -0.1) is 0 Å². The first kappa shape index (κ1) is 14.2. The van der Waals surface area contributed by atoms with Gasteiger partial charge < -0.3 is 5.32 Å². The van der Waals surface area contributed by atoms with Gasteiger partial charge in [-0.3, -0.25) is 4.79 Å². The molecule has 0 saturated heterocycles. The highest BCUT2D eigenvalue weighted by Crippen LogP contribution is 2.13. The summed E-state index contributed by atoms with van der Waals surface area (Å²) in [5.74, 6) is -1.36. The fraction of sp³-hybridized carbons (Fsp3) is 0.188. The Morgan fingerprint density at radius 1 is 1.10 bits per heavy atom. The molecule has 2 rings (SSSR count). The van der Waals surface area contributed by atoms with Crippen LogP contribution in [0.3, 0.4) is 0 Å². The molecule has 2 aromatic rings. The molecular formula is C16H15F2NO. The maximum absolute atomic E-state index is 13.8. The Kier molecular flexibility index (Phi) is 4.13. The van der Waals surface area contributed by atoms with E-state index in [1.54, 1.807) is 38.1 Å². The topological polar surface area (TPSA) is 29.1 Å². The van der Waals surface area contributed by atoms with Gasteiger partial charge in [0.05, 0.1) is 5.56 Å². The lowest BCUT2D eigenvalue weighted by Gasteiger charge is -2.08. The van der Waals surface area contributed by atoms with Gasteiger partial charge in [-0.2, -0.15) is 0 Å². The molecule has 0 heterocycles. The van der Waals surface area contributed by atoms with Crippen LogP contribution in [-0.2, 0) is 6.54 Å². The Labute approximate surface area is 116 Å². The summed E-state index contributed by atoms with van der Waals surface area (Å²) < 4.78 is 27.1. The van der Waals surface area contributed by atoms with E-state index in [9.17, 15) is 13.6 Å². The van der Waals surface area contributed by atoms with Crippen LogP contribution in [-0.4, -0.2) is 5.91 Å². The Bertz CT molecular complexity index is 653. The number of aryl methyl sites for hydroxylation is 2. The summed E-state index contributed by atoms with van der Waals surface area (Å²) in [6.45, 7) is 3.42. The molecule has 1 amide bonds. The van der Waals surface area contributed by atoms with E-state index in [1.165, 1.54) is 12.1 Å². The molecular weight excluding hydrogens is 260 g/mol. The number of carbonyl (C=O) groups is 1. The van der Waals surface area contributed by atoms with E-state index in [0.717, 1.165) is 0 Å². The van der Waals surface area contributed by atoms with Gasteiger partial charge in [-0.05, 0) is 42.7 Å². The maximum atomic E-state index is 13.8. The van der Waals surface area contributed by atoms with Crippen molar-refractivity contribution < 1.29 is 13.6 Å². The fourth-order valence-electron chi connectivity index (χ4n) is 1.85. The number of nitrogens with one attached hydrogen (secondary N) is 1. The number of carbonyl (C=O) groups excluding carboxylic acids is 1. The van der Waals surface area contributed by atoms with E-state index in [-0.39, 0.29) is 17.9 Å². The molecule has 0 aliphatic rings. The molecule has 0 unspecified atom stereocenters. The second-order valence-corrected chi connectivity index (χ2v) is 4.70. The van der Waals surface area contributed by atoms with Crippen molar-refractivity contribution in [2.45, 2.75) is 20.4 Å². The van der Waals surface area contributed by atoms with Gasteiger partial charge >= 0.3 is 0 Å². The summed E-state index contributed by atoms with van der Waals surface area (Å²) in [7, 11) is 0. The van der Waals surface area contributed by atoms with Gasteiger partial charge in [0.1, 0.15) is 11.6 Å². The summed E-state index contributed by atoms with van der Waals surface area (Å²) in [5.41, 5.74) is 1.59. The average molecular weight is 275 g/mol. The summed E-state index contributed by atoms with van der Waals surface area (Å²) in [5, 5.41) is 2.58. The first-order valence-electron chi connectivity index (χ1n) is 6.27. The van der Waals surface area contributed by atoms with Gasteiger partial charge in [-0.1, -0.05) is 24.3 Å². The van der Waals surface area contributed by atoms with Gasteiger partial charge in [0.15, 0.2) is 0 Å². The summed E-state index contributed by atoms with van der Waals surface area (Å²) >= 11 is 0.